The van der Waals surface area contributed by atoms with Crippen LogP contribution in [-0.2, 0) is 4.74 Å². The molecule has 0 aromatic heterocycles. The lowest BCUT2D eigenvalue weighted by atomic mass is 10.2. The van der Waals surface area contributed by atoms with Gasteiger partial charge in [0.15, 0.2) is 0 Å². The molecule has 98 valence electrons. The first-order valence-electron chi connectivity index (χ1n) is 6.53. The first kappa shape index (κ1) is 12.9. The molecule has 1 aliphatic heterocycles. The van der Waals surface area contributed by atoms with Gasteiger partial charge in [0.05, 0.1) is 6.10 Å². The molecule has 1 aromatic rings. The normalized spacial score (nSPS) is 18.6. The zero-order valence-electron chi connectivity index (χ0n) is 10.7. The molecule has 1 fully saturated rings. The minimum absolute atomic E-state index is 0.0338. The van der Waals surface area contributed by atoms with E-state index in [1.54, 1.807) is 0 Å². The van der Waals surface area contributed by atoms with E-state index in [2.05, 4.69) is 10.6 Å². The van der Waals surface area contributed by atoms with E-state index in [0.29, 0.717) is 12.1 Å². The summed E-state index contributed by atoms with van der Waals surface area (Å²) in [4.78, 5) is 11.9. The largest absolute Gasteiger partial charge is 0.385 e. The lowest BCUT2D eigenvalue weighted by Crippen LogP contribution is -2.31. The number of rotatable bonds is 5. The summed E-state index contributed by atoms with van der Waals surface area (Å²) < 4.78 is 5.47. The van der Waals surface area contributed by atoms with E-state index in [4.69, 9.17) is 4.74 Å². The Balaban J connectivity index is 1.83. The average Bonchev–Trinajstić information content (AvgIpc) is 2.90. The van der Waals surface area contributed by atoms with Crippen molar-refractivity contribution in [3.05, 3.63) is 29.8 Å². The molecule has 0 radical (unpaired) electrons. The lowest BCUT2D eigenvalue weighted by Gasteiger charge is -2.11. The van der Waals surface area contributed by atoms with Crippen LogP contribution in [0, 0.1) is 0 Å². The maximum Gasteiger partial charge on any atom is 0.251 e. The number of nitrogens with one attached hydrogen (secondary N) is 2. The minimum atomic E-state index is -0.0338. The predicted molar refractivity (Wildman–Crippen MR) is 71.9 cm³/mol. The lowest BCUT2D eigenvalue weighted by molar-refractivity contribution is 0.0858. The molecule has 0 aliphatic carbocycles. The quantitative estimate of drug-likeness (QED) is 0.838. The monoisotopic (exact) mass is 248 g/mol. The molecule has 0 saturated carbocycles. The van der Waals surface area contributed by atoms with Gasteiger partial charge in [0.1, 0.15) is 0 Å². The van der Waals surface area contributed by atoms with E-state index in [9.17, 15) is 4.79 Å². The molecule has 4 nitrogen and oxygen atoms in total. The van der Waals surface area contributed by atoms with Gasteiger partial charge in [-0.15, -0.1) is 0 Å². The first-order valence-corrected chi connectivity index (χ1v) is 6.53. The van der Waals surface area contributed by atoms with Crippen molar-refractivity contribution in [3.8, 4) is 0 Å². The number of hydrogen-bond donors (Lipinski definition) is 2. The molecule has 0 spiro atoms. The molecular formula is C14H20N2O2. The molecule has 1 heterocycles. The van der Waals surface area contributed by atoms with Gasteiger partial charge in [-0.25, -0.2) is 0 Å². The predicted octanol–water partition coefficient (Wildman–Crippen LogP) is 2.03. The van der Waals surface area contributed by atoms with Crippen molar-refractivity contribution < 1.29 is 9.53 Å². The molecule has 1 aromatic carbocycles. The zero-order chi connectivity index (χ0) is 12.8. The molecule has 1 amide bonds. The summed E-state index contributed by atoms with van der Waals surface area (Å²) in [7, 11) is 0. The number of benzene rings is 1. The first-order chi connectivity index (χ1) is 8.79. The van der Waals surface area contributed by atoms with E-state index < -0.39 is 0 Å². The molecule has 1 aliphatic rings. The third-order valence-corrected chi connectivity index (χ3v) is 3.04. The van der Waals surface area contributed by atoms with Crippen molar-refractivity contribution in [2.24, 2.45) is 0 Å². The molecule has 1 unspecified atom stereocenters. The Labute approximate surface area is 108 Å². The van der Waals surface area contributed by atoms with E-state index in [-0.39, 0.29) is 12.0 Å². The SMILES string of the molecule is CCNc1ccc(C(=O)NCC2CCCO2)cc1. The van der Waals surface area contributed by atoms with Crippen LogP contribution < -0.4 is 10.6 Å². The Morgan fingerprint density at radius 2 is 2.17 bits per heavy atom. The van der Waals surface area contributed by atoms with Crippen molar-refractivity contribution in [2.75, 3.05) is 25.0 Å². The van der Waals surface area contributed by atoms with E-state index in [1.807, 2.05) is 31.2 Å². The highest BCUT2D eigenvalue weighted by Gasteiger charge is 2.16. The standard InChI is InChI=1S/C14H20N2O2/c1-2-15-12-7-5-11(6-8-12)14(17)16-10-13-4-3-9-18-13/h5-8,13,15H,2-4,9-10H2,1H3,(H,16,17). The summed E-state index contributed by atoms with van der Waals surface area (Å²) in [5.74, 6) is -0.0338. The van der Waals surface area contributed by atoms with Crippen molar-refractivity contribution >= 4 is 11.6 Å². The van der Waals surface area contributed by atoms with Gasteiger partial charge < -0.3 is 15.4 Å². The van der Waals surface area contributed by atoms with Crippen LogP contribution in [0.4, 0.5) is 5.69 Å². The van der Waals surface area contributed by atoms with Gasteiger partial charge in [-0.1, -0.05) is 0 Å². The van der Waals surface area contributed by atoms with Gasteiger partial charge >= 0.3 is 0 Å². The van der Waals surface area contributed by atoms with Gasteiger partial charge in [-0.3, -0.25) is 4.79 Å². The third-order valence-electron chi connectivity index (χ3n) is 3.04. The smallest absolute Gasteiger partial charge is 0.251 e. The van der Waals surface area contributed by atoms with Crippen LogP contribution in [0.1, 0.15) is 30.1 Å². The number of hydrogen-bond acceptors (Lipinski definition) is 3. The number of amides is 1. The van der Waals surface area contributed by atoms with Crippen LogP contribution >= 0.6 is 0 Å². The topological polar surface area (TPSA) is 50.4 Å². The maximum absolute atomic E-state index is 11.9. The van der Waals surface area contributed by atoms with Crippen LogP contribution in [-0.4, -0.2) is 31.7 Å². The van der Waals surface area contributed by atoms with Gasteiger partial charge in [-0.2, -0.15) is 0 Å². The fourth-order valence-corrected chi connectivity index (χ4v) is 2.06. The van der Waals surface area contributed by atoms with E-state index in [1.165, 1.54) is 0 Å². The van der Waals surface area contributed by atoms with Crippen molar-refractivity contribution in [3.63, 3.8) is 0 Å². The molecule has 0 bridgehead atoms. The van der Waals surface area contributed by atoms with Crippen molar-refractivity contribution in [2.45, 2.75) is 25.9 Å². The van der Waals surface area contributed by atoms with Crippen LogP contribution in [0.25, 0.3) is 0 Å². The van der Waals surface area contributed by atoms with Crippen LogP contribution in [0.15, 0.2) is 24.3 Å². The Hall–Kier alpha value is -1.55. The van der Waals surface area contributed by atoms with Crippen molar-refractivity contribution in [1.29, 1.82) is 0 Å². The Kier molecular flexibility index (Phi) is 4.59. The summed E-state index contributed by atoms with van der Waals surface area (Å²) in [5, 5.41) is 6.11. The summed E-state index contributed by atoms with van der Waals surface area (Å²) >= 11 is 0. The molecule has 4 heteroatoms. The third kappa shape index (κ3) is 3.47. The van der Waals surface area contributed by atoms with Gasteiger partial charge in [0.2, 0.25) is 0 Å². The molecule has 18 heavy (non-hydrogen) atoms. The summed E-state index contributed by atoms with van der Waals surface area (Å²) in [6, 6.07) is 7.51. The number of anilines is 1. The van der Waals surface area contributed by atoms with Gasteiger partial charge in [0, 0.05) is 30.9 Å². The second-order valence-electron chi connectivity index (χ2n) is 4.45. The highest BCUT2D eigenvalue weighted by Crippen LogP contribution is 2.12. The fraction of sp³-hybridized carbons (Fsp3) is 0.500. The molecule has 2 rings (SSSR count). The second kappa shape index (κ2) is 6.40. The Bertz CT molecular complexity index is 383. The van der Waals surface area contributed by atoms with Gasteiger partial charge in [-0.05, 0) is 44.0 Å². The number of ether oxygens (including phenoxy) is 1. The van der Waals surface area contributed by atoms with E-state index >= 15 is 0 Å². The highest BCUT2D eigenvalue weighted by molar-refractivity contribution is 5.94. The van der Waals surface area contributed by atoms with E-state index in [0.717, 1.165) is 31.7 Å². The maximum atomic E-state index is 11.9. The summed E-state index contributed by atoms with van der Waals surface area (Å²) in [5.41, 5.74) is 1.72. The number of carbonyl (C=O) groups excluding carboxylic acids is 1. The highest BCUT2D eigenvalue weighted by atomic mass is 16.5. The molecular weight excluding hydrogens is 228 g/mol. The fourth-order valence-electron chi connectivity index (χ4n) is 2.06. The average molecular weight is 248 g/mol. The minimum Gasteiger partial charge on any atom is -0.385 e. The molecule has 1 atom stereocenters. The van der Waals surface area contributed by atoms with Crippen LogP contribution in [0.2, 0.25) is 0 Å². The van der Waals surface area contributed by atoms with Crippen LogP contribution in [0.5, 0.6) is 0 Å². The molecule has 1 saturated heterocycles. The van der Waals surface area contributed by atoms with Crippen LogP contribution in [0.3, 0.4) is 0 Å². The zero-order valence-corrected chi connectivity index (χ0v) is 10.7. The Morgan fingerprint density at radius 1 is 1.39 bits per heavy atom. The number of carbonyl (C=O) groups is 1. The summed E-state index contributed by atoms with van der Waals surface area (Å²) in [6.45, 7) is 4.35. The molecule has 2 N–H and O–H groups in total. The van der Waals surface area contributed by atoms with Gasteiger partial charge in [0.25, 0.3) is 5.91 Å². The second-order valence-corrected chi connectivity index (χ2v) is 4.45. The Morgan fingerprint density at radius 3 is 2.78 bits per heavy atom. The summed E-state index contributed by atoms with van der Waals surface area (Å²) in [6.07, 6.45) is 2.33. The van der Waals surface area contributed by atoms with Crippen molar-refractivity contribution in [1.82, 2.24) is 5.32 Å².